The van der Waals surface area contributed by atoms with Gasteiger partial charge in [0.05, 0.1) is 72.6 Å². The Morgan fingerprint density at radius 3 is 1.11 bits per heavy atom. The maximum atomic E-state index is 13.0. The number of pyridine rings is 4. The summed E-state index contributed by atoms with van der Waals surface area (Å²) in [5.41, 5.74) is 20.1. The van der Waals surface area contributed by atoms with E-state index in [1.54, 1.807) is 30.5 Å². The van der Waals surface area contributed by atoms with Crippen LogP contribution in [0, 0.1) is 6.92 Å². The molecule has 4 saturated heterocycles. The SMILES string of the molecule is C[C@@H]1CN(c2nc3c(-c4ccc(-c5ccccc5)nc4)cnn3c3c2C(=O)CCN3)C[C@H](C)O1.Cc1ccc2ncc(-c3cnn4c5c(c(N6CCCCC6)nc34)C(=O)CCN5)cc2c1.O=C1CCNc2c1c(N1CCCCC1)nc1c(-c3ccc(-c4ccccc4)nc3)cnn21.O=C1CCNc2c1c(N1CCOCC1)nc1c(-c3cnc4ccccc4c3)cnn21. The van der Waals surface area contributed by atoms with Crippen LogP contribution in [0.5, 0.6) is 0 Å². The molecule has 20 heterocycles. The van der Waals surface area contributed by atoms with Crippen molar-refractivity contribution >= 4 is 114 Å². The van der Waals surface area contributed by atoms with Gasteiger partial charge in [0.25, 0.3) is 0 Å². The average Bonchev–Trinajstić information content (AvgIpc) is 1.69. The van der Waals surface area contributed by atoms with Gasteiger partial charge in [-0.05, 0) is 102 Å². The Morgan fingerprint density at radius 2 is 0.701 bits per heavy atom. The lowest BCUT2D eigenvalue weighted by atomic mass is 10.0. The van der Waals surface area contributed by atoms with E-state index in [0.717, 1.165) is 187 Å². The van der Waals surface area contributed by atoms with E-state index >= 15 is 0 Å². The summed E-state index contributed by atoms with van der Waals surface area (Å²) in [5.74, 6) is 6.44. The highest BCUT2D eigenvalue weighted by molar-refractivity contribution is 6.11. The van der Waals surface area contributed by atoms with Crippen molar-refractivity contribution in [3.05, 3.63) is 217 Å². The Morgan fingerprint density at radius 1 is 0.339 bits per heavy atom. The number of carbonyl (C=O) groups is 4. The zero-order valence-electron chi connectivity index (χ0n) is 70.9. The molecule has 2 atom stereocenters. The maximum Gasteiger partial charge on any atom is 0.172 e. The van der Waals surface area contributed by atoms with Crippen LogP contribution in [0.2, 0.25) is 0 Å². The number of piperidine rings is 2. The molecule has 0 radical (unpaired) electrons. The van der Waals surface area contributed by atoms with E-state index in [-0.39, 0.29) is 35.3 Å². The zero-order valence-corrected chi connectivity index (χ0v) is 70.9. The number of morpholine rings is 2. The molecule has 24 rings (SSSR count). The number of hydrogen-bond donors (Lipinski definition) is 4. The third-order valence-electron chi connectivity index (χ3n) is 24.9. The number of nitrogens with zero attached hydrogens (tertiary/aromatic N) is 20. The van der Waals surface area contributed by atoms with Gasteiger partial charge in [-0.25, -0.2) is 19.9 Å². The molecule has 0 amide bonds. The minimum Gasteiger partial charge on any atom is -0.378 e. The lowest BCUT2D eigenvalue weighted by Crippen LogP contribution is -2.46. The van der Waals surface area contributed by atoms with E-state index < -0.39 is 0 Å². The van der Waals surface area contributed by atoms with E-state index in [2.05, 4.69) is 144 Å². The van der Waals surface area contributed by atoms with Crippen LogP contribution < -0.4 is 40.9 Å². The van der Waals surface area contributed by atoms with Crippen molar-refractivity contribution in [3.8, 4) is 67.0 Å². The van der Waals surface area contributed by atoms with Crippen LogP contribution in [0.25, 0.3) is 111 Å². The number of fused-ring (bicyclic) bond motifs is 14. The Hall–Kier alpha value is -14.5. The number of aromatic nitrogens is 16. The molecule has 4 N–H and O–H groups in total. The fourth-order valence-electron chi connectivity index (χ4n) is 18.6. The number of aryl methyl sites for hydroxylation is 1. The average molecular weight is 1690 g/mol. The minimum atomic E-state index is 0.0585. The highest BCUT2D eigenvalue weighted by atomic mass is 16.5. The molecule has 4 fully saturated rings. The molecule has 127 heavy (non-hydrogen) atoms. The fraction of sp³-hybridized carbons (Fsp3) is 0.299. The zero-order chi connectivity index (χ0) is 85.8. The second-order valence-electron chi connectivity index (χ2n) is 33.5. The summed E-state index contributed by atoms with van der Waals surface area (Å²) in [6, 6.07) is 46.9. The van der Waals surface area contributed by atoms with Crippen LogP contribution in [0.4, 0.5) is 46.5 Å². The molecule has 638 valence electrons. The summed E-state index contributed by atoms with van der Waals surface area (Å²) in [5, 5.41) is 34.2. The van der Waals surface area contributed by atoms with Gasteiger partial charge in [0.1, 0.15) is 68.8 Å². The number of nitrogens with one attached hydrogen (secondary N) is 4. The van der Waals surface area contributed by atoms with Crippen molar-refractivity contribution in [1.29, 1.82) is 0 Å². The number of ketones is 4. The molecule has 8 aliphatic rings. The first-order valence-electron chi connectivity index (χ1n) is 44.1. The van der Waals surface area contributed by atoms with Crippen molar-refractivity contribution in [3.63, 3.8) is 0 Å². The van der Waals surface area contributed by atoms with Gasteiger partial charge in [-0.2, -0.15) is 38.5 Å². The Kier molecular flexibility index (Phi) is 21.4. The smallest absolute Gasteiger partial charge is 0.172 e. The van der Waals surface area contributed by atoms with Gasteiger partial charge in [0.15, 0.2) is 45.7 Å². The lowest BCUT2D eigenvalue weighted by molar-refractivity contribution is -0.00551. The molecule has 16 aromatic rings. The van der Waals surface area contributed by atoms with Crippen LogP contribution in [-0.2, 0) is 9.47 Å². The van der Waals surface area contributed by atoms with Crippen LogP contribution in [0.15, 0.2) is 189 Å². The monoisotopic (exact) mass is 1690 g/mol. The molecule has 12 aromatic heterocycles. The summed E-state index contributed by atoms with van der Waals surface area (Å²) >= 11 is 0. The number of anilines is 8. The van der Waals surface area contributed by atoms with Gasteiger partial charge >= 0.3 is 0 Å². The Balaban J connectivity index is 0.000000103. The molecule has 0 aliphatic carbocycles. The Bertz CT molecular complexity index is 6930. The van der Waals surface area contributed by atoms with Gasteiger partial charge in [-0.1, -0.05) is 103 Å². The number of hydrogen-bond acceptors (Lipinski definition) is 26. The highest BCUT2D eigenvalue weighted by Gasteiger charge is 2.37. The standard InChI is InChI=1S/C26H26N6O2.C25H24N6O.C24H24N6O.C22H20N6O2/c1-16-14-31(15-17(2)34-16)26-23-22(33)10-11-27-25(23)32-24(30-26)20(13-29-32)19-8-9-21(28-12-19)18-6-4-3-5-7-18;32-21-11-12-26-24-22(21)25(30-13-5-2-6-14-30)29-23-19(16-28-31(23)24)18-9-10-20(27-15-18)17-7-3-1-4-8-17;1-15-5-6-19-16(11-15)12-17(13-26-19)18-14-27-30-22(18)28-24(29-9-3-2-4-10-29)21-20(31)7-8-25-23(21)30;29-18-5-6-23-21-19(18)22(27-7-9-30-10-8-27)26-20-16(13-25-28(20)21)15-11-14-3-1-2-4-17(14)24-12-15/h3-9,12-13,16-17,27H,10-11,14-15H2,1-2H3;1,3-4,7-10,15-16,26H,2,5-6,11-14H2;5-6,11-14,25H,2-4,7-10H2,1H3;1-4,11-13,23H,5-10H2/t16-,17+;;;. The molecule has 0 saturated carbocycles. The van der Waals surface area contributed by atoms with Gasteiger partial charge < -0.3 is 50.3 Å². The maximum absolute atomic E-state index is 13.0. The first-order chi connectivity index (χ1) is 62.4. The third kappa shape index (κ3) is 15.3. The first kappa shape index (κ1) is 79.6. The van der Waals surface area contributed by atoms with Gasteiger partial charge in [-0.15, -0.1) is 0 Å². The van der Waals surface area contributed by atoms with Crippen molar-refractivity contribution in [1.82, 2.24) is 78.3 Å². The van der Waals surface area contributed by atoms with Crippen LogP contribution in [-0.4, -0.2) is 205 Å². The van der Waals surface area contributed by atoms with Gasteiger partial charge in [-0.3, -0.25) is 39.1 Å². The number of carbonyl (C=O) groups excluding carboxylic acids is 4. The summed E-state index contributed by atoms with van der Waals surface area (Å²) in [6.07, 6.45) is 23.7. The van der Waals surface area contributed by atoms with Crippen LogP contribution in [0.3, 0.4) is 0 Å². The molecule has 4 aromatic carbocycles. The largest absolute Gasteiger partial charge is 0.378 e. The second-order valence-corrected chi connectivity index (χ2v) is 33.5. The number of Topliss-reactive ketones (excluding diaryl/α,β-unsaturated/α-hetero) is 4. The molecular weight excluding hydrogens is 1600 g/mol. The summed E-state index contributed by atoms with van der Waals surface area (Å²) in [6.45, 7) is 16.4. The summed E-state index contributed by atoms with van der Waals surface area (Å²) < 4.78 is 18.5. The van der Waals surface area contributed by atoms with E-state index in [9.17, 15) is 19.2 Å². The van der Waals surface area contributed by atoms with Crippen molar-refractivity contribution in [2.24, 2.45) is 0 Å². The van der Waals surface area contributed by atoms with Crippen molar-refractivity contribution in [2.75, 3.05) is 133 Å². The molecule has 0 spiro atoms. The second kappa shape index (κ2) is 34.2. The lowest BCUT2D eigenvalue weighted by Gasteiger charge is -2.37. The van der Waals surface area contributed by atoms with Gasteiger partial charge in [0, 0.05) is 195 Å². The molecule has 30 nitrogen and oxygen atoms in total. The van der Waals surface area contributed by atoms with Crippen LogP contribution in [0.1, 0.15) is 125 Å². The minimum absolute atomic E-state index is 0.0585. The fourth-order valence-corrected chi connectivity index (χ4v) is 18.6. The number of para-hydroxylation sites is 1. The molecule has 0 unspecified atom stereocenters. The summed E-state index contributed by atoms with van der Waals surface area (Å²) in [4.78, 5) is 99.1. The van der Waals surface area contributed by atoms with Crippen molar-refractivity contribution in [2.45, 2.75) is 97.2 Å². The van der Waals surface area contributed by atoms with E-state index in [1.165, 1.54) is 18.4 Å². The molecular formula is C97H94N24O6. The normalized spacial score (nSPS) is 17.5. The summed E-state index contributed by atoms with van der Waals surface area (Å²) in [7, 11) is 0. The predicted molar refractivity (Wildman–Crippen MR) is 493 cm³/mol. The predicted octanol–water partition coefficient (Wildman–Crippen LogP) is 15.5. The molecule has 0 bridgehead atoms. The van der Waals surface area contributed by atoms with E-state index in [0.29, 0.717) is 137 Å². The van der Waals surface area contributed by atoms with E-state index in [1.807, 2.05) is 134 Å². The number of benzene rings is 4. The Labute approximate surface area is 730 Å². The van der Waals surface area contributed by atoms with Gasteiger partial charge in [0.2, 0.25) is 0 Å². The topological polar surface area (TPSA) is 320 Å². The van der Waals surface area contributed by atoms with Crippen molar-refractivity contribution < 1.29 is 28.7 Å². The van der Waals surface area contributed by atoms with E-state index in [4.69, 9.17) is 29.4 Å². The third-order valence-corrected chi connectivity index (χ3v) is 24.9. The number of ether oxygens (including phenoxy) is 2. The first-order valence-corrected chi connectivity index (χ1v) is 44.1. The van der Waals surface area contributed by atoms with Crippen LogP contribution >= 0.6 is 0 Å². The number of rotatable bonds is 10. The molecule has 8 aliphatic heterocycles. The highest BCUT2D eigenvalue weighted by Crippen LogP contribution is 2.42. The molecule has 30 heteroatoms. The quantitative estimate of drug-likeness (QED) is 0.0988.